The first-order valence-electron chi connectivity index (χ1n) is 5.18. The van der Waals surface area contributed by atoms with E-state index >= 15 is 0 Å². The van der Waals surface area contributed by atoms with Crippen LogP contribution < -0.4 is 5.73 Å². The molecule has 0 aromatic carbocycles. The van der Waals surface area contributed by atoms with Crippen molar-refractivity contribution in [3.63, 3.8) is 0 Å². The topological polar surface area (TPSA) is 38.5 Å². The predicted molar refractivity (Wildman–Crippen MR) is 50.0 cm³/mol. The van der Waals surface area contributed by atoms with E-state index in [4.69, 9.17) is 10.6 Å². The van der Waals surface area contributed by atoms with Crippen molar-refractivity contribution in [2.45, 2.75) is 44.4 Å². The Morgan fingerprint density at radius 3 is 2.47 bits per heavy atom. The fourth-order valence-corrected chi connectivity index (χ4v) is 1.68. The minimum absolute atomic E-state index is 0.282. The van der Waals surface area contributed by atoms with Crippen LogP contribution in [-0.4, -0.2) is 36.5 Å². The lowest BCUT2D eigenvalue weighted by Gasteiger charge is -2.37. The lowest BCUT2D eigenvalue weighted by atomic mass is 10.1. The maximum atomic E-state index is 12.7. The van der Waals surface area contributed by atoms with Gasteiger partial charge in [0, 0.05) is 12.6 Å². The minimum atomic E-state index is -4.33. The monoisotopic (exact) mass is 226 g/mol. The van der Waals surface area contributed by atoms with Crippen LogP contribution in [0.4, 0.5) is 13.2 Å². The zero-order chi connectivity index (χ0) is 11.5. The number of hydrogen-bond donors (Lipinski definition) is 1. The summed E-state index contributed by atoms with van der Waals surface area (Å²) in [6, 6.07) is -2.61. The van der Waals surface area contributed by atoms with Crippen molar-refractivity contribution in [3.8, 4) is 0 Å². The molecule has 6 heteroatoms. The molecule has 1 fully saturated rings. The molecule has 0 saturated carbocycles. The second-order valence-corrected chi connectivity index (χ2v) is 3.74. The standard InChI is InChI=1S/C9H17F3N2O/c1-2-7(13)8(9(10,11)12)14-5-3-4-6-15-14/h7-8H,2-6,13H2,1H3. The highest BCUT2D eigenvalue weighted by atomic mass is 19.4. The van der Waals surface area contributed by atoms with Crippen LogP contribution in [0.5, 0.6) is 0 Å². The zero-order valence-corrected chi connectivity index (χ0v) is 8.76. The van der Waals surface area contributed by atoms with Gasteiger partial charge >= 0.3 is 6.18 Å². The zero-order valence-electron chi connectivity index (χ0n) is 8.76. The molecule has 0 radical (unpaired) electrons. The number of halogens is 3. The summed E-state index contributed by atoms with van der Waals surface area (Å²) >= 11 is 0. The number of rotatable bonds is 3. The molecule has 15 heavy (non-hydrogen) atoms. The minimum Gasteiger partial charge on any atom is -0.326 e. The fraction of sp³-hybridized carbons (Fsp3) is 1.00. The molecule has 1 aliphatic rings. The normalized spacial score (nSPS) is 23.8. The van der Waals surface area contributed by atoms with E-state index in [1.807, 2.05) is 0 Å². The molecule has 0 bridgehead atoms. The summed E-state index contributed by atoms with van der Waals surface area (Å²) in [5, 5.41) is 0.998. The van der Waals surface area contributed by atoms with Crippen LogP contribution in [0.1, 0.15) is 26.2 Å². The third kappa shape index (κ3) is 3.32. The maximum absolute atomic E-state index is 12.7. The van der Waals surface area contributed by atoms with Crippen LogP contribution in [0.15, 0.2) is 0 Å². The van der Waals surface area contributed by atoms with Crippen LogP contribution in [0, 0.1) is 0 Å². The van der Waals surface area contributed by atoms with Gasteiger partial charge < -0.3 is 5.73 Å². The third-order valence-electron chi connectivity index (χ3n) is 2.55. The van der Waals surface area contributed by atoms with Gasteiger partial charge in [-0.2, -0.15) is 18.2 Å². The number of nitrogens with two attached hydrogens (primary N) is 1. The van der Waals surface area contributed by atoms with Crippen molar-refractivity contribution in [1.82, 2.24) is 5.06 Å². The van der Waals surface area contributed by atoms with E-state index in [1.54, 1.807) is 6.92 Å². The molecule has 1 heterocycles. The molecule has 0 spiro atoms. The van der Waals surface area contributed by atoms with Gasteiger partial charge in [0.1, 0.15) is 6.04 Å². The molecular formula is C9H17F3N2O. The Morgan fingerprint density at radius 2 is 2.07 bits per heavy atom. The van der Waals surface area contributed by atoms with Gasteiger partial charge in [-0.3, -0.25) is 4.84 Å². The Kier molecular flexibility index (Phi) is 4.36. The van der Waals surface area contributed by atoms with E-state index in [0.717, 1.165) is 17.9 Å². The molecule has 2 N–H and O–H groups in total. The highest BCUT2D eigenvalue weighted by Gasteiger charge is 2.47. The summed E-state index contributed by atoms with van der Waals surface area (Å²) in [7, 11) is 0. The van der Waals surface area contributed by atoms with E-state index in [0.29, 0.717) is 13.2 Å². The first kappa shape index (κ1) is 12.7. The molecule has 0 aromatic heterocycles. The number of alkyl halides is 3. The van der Waals surface area contributed by atoms with Crippen molar-refractivity contribution in [2.24, 2.45) is 5.73 Å². The van der Waals surface area contributed by atoms with Gasteiger partial charge in [0.25, 0.3) is 0 Å². The highest BCUT2D eigenvalue weighted by Crippen LogP contribution is 2.29. The van der Waals surface area contributed by atoms with Crippen LogP contribution in [0.2, 0.25) is 0 Å². The van der Waals surface area contributed by atoms with Crippen LogP contribution in [-0.2, 0) is 4.84 Å². The summed E-state index contributed by atoms with van der Waals surface area (Å²) in [6.07, 6.45) is -2.51. The molecule has 3 nitrogen and oxygen atoms in total. The quantitative estimate of drug-likeness (QED) is 0.795. The van der Waals surface area contributed by atoms with Gasteiger partial charge in [0.15, 0.2) is 0 Å². The van der Waals surface area contributed by atoms with Crippen LogP contribution in [0.3, 0.4) is 0 Å². The van der Waals surface area contributed by atoms with E-state index < -0.39 is 18.3 Å². The predicted octanol–water partition coefficient (Wildman–Crippen LogP) is 1.68. The van der Waals surface area contributed by atoms with E-state index in [9.17, 15) is 13.2 Å². The molecule has 1 saturated heterocycles. The second kappa shape index (κ2) is 5.14. The van der Waals surface area contributed by atoms with Gasteiger partial charge in [-0.1, -0.05) is 6.92 Å². The van der Waals surface area contributed by atoms with Gasteiger partial charge in [0.2, 0.25) is 0 Å². The van der Waals surface area contributed by atoms with Crippen molar-refractivity contribution < 1.29 is 18.0 Å². The number of nitrogens with zero attached hydrogens (tertiary/aromatic N) is 1. The summed E-state index contributed by atoms with van der Waals surface area (Å²) in [5.41, 5.74) is 5.49. The lowest BCUT2D eigenvalue weighted by Crippen LogP contribution is -2.57. The SMILES string of the molecule is CCC(N)C(N1CCCCO1)C(F)(F)F. The smallest absolute Gasteiger partial charge is 0.326 e. The first-order valence-corrected chi connectivity index (χ1v) is 5.18. The average Bonchev–Trinajstić information content (AvgIpc) is 2.17. The Bertz CT molecular complexity index is 192. The molecule has 0 aliphatic carbocycles. The Balaban J connectivity index is 2.70. The Hall–Kier alpha value is -0.330. The van der Waals surface area contributed by atoms with Gasteiger partial charge in [-0.25, -0.2) is 0 Å². The number of hydroxylamine groups is 2. The van der Waals surface area contributed by atoms with E-state index in [2.05, 4.69) is 0 Å². The molecule has 2 unspecified atom stereocenters. The molecule has 1 aliphatic heterocycles. The molecule has 90 valence electrons. The largest absolute Gasteiger partial charge is 0.407 e. The summed E-state index contributed by atoms with van der Waals surface area (Å²) in [4.78, 5) is 5.02. The fourth-order valence-electron chi connectivity index (χ4n) is 1.68. The average molecular weight is 226 g/mol. The Morgan fingerprint density at radius 1 is 1.40 bits per heavy atom. The van der Waals surface area contributed by atoms with E-state index in [1.165, 1.54) is 0 Å². The molecule has 0 amide bonds. The van der Waals surface area contributed by atoms with Gasteiger partial charge in [-0.05, 0) is 19.3 Å². The van der Waals surface area contributed by atoms with E-state index in [-0.39, 0.29) is 6.42 Å². The van der Waals surface area contributed by atoms with Crippen molar-refractivity contribution in [2.75, 3.05) is 13.2 Å². The Labute approximate surface area is 87.3 Å². The number of hydrogen-bond acceptors (Lipinski definition) is 3. The summed E-state index contributed by atoms with van der Waals surface area (Å²) < 4.78 is 38.2. The first-order chi connectivity index (χ1) is 6.96. The third-order valence-corrected chi connectivity index (χ3v) is 2.55. The lowest BCUT2D eigenvalue weighted by molar-refractivity contribution is -0.289. The summed E-state index contributed by atoms with van der Waals surface area (Å²) in [5.74, 6) is 0. The second-order valence-electron chi connectivity index (χ2n) is 3.74. The van der Waals surface area contributed by atoms with Crippen molar-refractivity contribution in [1.29, 1.82) is 0 Å². The van der Waals surface area contributed by atoms with Crippen LogP contribution >= 0.6 is 0 Å². The summed E-state index contributed by atoms with van der Waals surface area (Å²) in [6.45, 7) is 2.30. The molecule has 1 rings (SSSR count). The molecular weight excluding hydrogens is 209 g/mol. The molecule has 2 atom stereocenters. The van der Waals surface area contributed by atoms with Crippen molar-refractivity contribution in [3.05, 3.63) is 0 Å². The van der Waals surface area contributed by atoms with Crippen molar-refractivity contribution >= 4 is 0 Å². The maximum Gasteiger partial charge on any atom is 0.407 e. The highest BCUT2D eigenvalue weighted by molar-refractivity contribution is 4.85. The van der Waals surface area contributed by atoms with Gasteiger partial charge in [-0.15, -0.1) is 0 Å². The van der Waals surface area contributed by atoms with Gasteiger partial charge in [0.05, 0.1) is 6.61 Å². The molecule has 0 aromatic rings. The van der Waals surface area contributed by atoms with Crippen LogP contribution in [0.25, 0.3) is 0 Å².